The van der Waals surface area contributed by atoms with Gasteiger partial charge in [0.15, 0.2) is 0 Å². The maximum Gasteiger partial charge on any atom is 0.255 e. The summed E-state index contributed by atoms with van der Waals surface area (Å²) in [5.74, 6) is -0.179. The zero-order valence-corrected chi connectivity index (χ0v) is 10.5. The van der Waals surface area contributed by atoms with E-state index in [2.05, 4.69) is 0 Å². The lowest BCUT2D eigenvalue weighted by Gasteiger charge is -2.27. The molecule has 1 saturated heterocycles. The molecule has 0 saturated carbocycles. The van der Waals surface area contributed by atoms with Crippen molar-refractivity contribution >= 4 is 11.8 Å². The fourth-order valence-corrected chi connectivity index (χ4v) is 1.83. The van der Waals surface area contributed by atoms with Crippen LogP contribution in [0.5, 0.6) is 5.75 Å². The third kappa shape index (κ3) is 3.10. The number of hydrogen-bond donors (Lipinski definition) is 1. The number of morpholine rings is 1. The third-order valence-corrected chi connectivity index (χ3v) is 2.91. The van der Waals surface area contributed by atoms with E-state index >= 15 is 0 Å². The third-order valence-electron chi connectivity index (χ3n) is 2.91. The Balaban J connectivity index is 2.04. The second kappa shape index (κ2) is 5.81. The molecule has 1 N–H and O–H groups in total. The van der Waals surface area contributed by atoms with Gasteiger partial charge in [0, 0.05) is 0 Å². The van der Waals surface area contributed by atoms with Crippen molar-refractivity contribution in [2.24, 2.45) is 0 Å². The number of carbonyl (C=O) groups excluding carboxylic acids is 2. The molecule has 19 heavy (non-hydrogen) atoms. The monoisotopic (exact) mass is 265 g/mol. The van der Waals surface area contributed by atoms with Crippen molar-refractivity contribution in [3.05, 3.63) is 29.8 Å². The van der Waals surface area contributed by atoms with Crippen molar-refractivity contribution in [2.75, 3.05) is 26.9 Å². The SMILES string of the molecule is COc1ccc(C(O)CN2C(=O)COCC2=O)cc1. The molecule has 1 heterocycles. The van der Waals surface area contributed by atoms with Crippen LogP contribution < -0.4 is 4.74 Å². The van der Waals surface area contributed by atoms with Crippen molar-refractivity contribution in [2.45, 2.75) is 6.10 Å². The molecule has 6 heteroatoms. The topological polar surface area (TPSA) is 76.1 Å². The quantitative estimate of drug-likeness (QED) is 0.782. The standard InChI is InChI=1S/C13H15NO5/c1-18-10-4-2-9(3-5-10)11(15)6-14-12(16)7-19-8-13(14)17/h2-5,11,15H,6-8H2,1H3. The number of hydrogen-bond acceptors (Lipinski definition) is 5. The van der Waals surface area contributed by atoms with Crippen molar-refractivity contribution in [1.82, 2.24) is 4.90 Å². The molecule has 0 radical (unpaired) electrons. The molecule has 1 atom stereocenters. The Hall–Kier alpha value is -1.92. The summed E-state index contributed by atoms with van der Waals surface area (Å²) in [6.07, 6.45) is -0.920. The highest BCUT2D eigenvalue weighted by Crippen LogP contribution is 2.19. The molecular weight excluding hydrogens is 250 g/mol. The van der Waals surface area contributed by atoms with Crippen LogP contribution in [-0.4, -0.2) is 48.7 Å². The highest BCUT2D eigenvalue weighted by atomic mass is 16.5. The number of aliphatic hydroxyl groups excluding tert-OH is 1. The Labute approximate surface area is 110 Å². The fourth-order valence-electron chi connectivity index (χ4n) is 1.83. The molecule has 1 aliphatic heterocycles. The molecule has 0 spiro atoms. The summed E-state index contributed by atoms with van der Waals surface area (Å²) < 4.78 is 9.82. The van der Waals surface area contributed by atoms with Crippen LogP contribution in [0, 0.1) is 0 Å². The number of aliphatic hydroxyl groups is 1. The number of amides is 2. The average molecular weight is 265 g/mol. The van der Waals surface area contributed by atoms with E-state index in [0.717, 1.165) is 4.90 Å². The molecule has 0 aliphatic carbocycles. The highest BCUT2D eigenvalue weighted by molar-refractivity contribution is 5.98. The van der Waals surface area contributed by atoms with Gasteiger partial charge in [-0.1, -0.05) is 12.1 Å². The number of imide groups is 1. The first-order chi connectivity index (χ1) is 9.11. The molecule has 1 unspecified atom stereocenters. The van der Waals surface area contributed by atoms with Gasteiger partial charge in [-0.2, -0.15) is 0 Å². The molecule has 6 nitrogen and oxygen atoms in total. The summed E-state index contributed by atoms with van der Waals surface area (Å²) in [7, 11) is 1.55. The molecule has 2 rings (SSSR count). The van der Waals surface area contributed by atoms with Crippen molar-refractivity contribution in [1.29, 1.82) is 0 Å². The van der Waals surface area contributed by atoms with Gasteiger partial charge in [0.2, 0.25) is 0 Å². The van der Waals surface area contributed by atoms with E-state index in [1.54, 1.807) is 31.4 Å². The van der Waals surface area contributed by atoms with Crippen molar-refractivity contribution in [3.8, 4) is 5.75 Å². The minimum absolute atomic E-state index is 0.0621. The van der Waals surface area contributed by atoms with Crippen molar-refractivity contribution < 1.29 is 24.2 Å². The summed E-state index contributed by atoms with van der Waals surface area (Å²) in [5, 5.41) is 10.0. The minimum atomic E-state index is -0.920. The number of carbonyl (C=O) groups is 2. The Kier molecular flexibility index (Phi) is 4.13. The zero-order chi connectivity index (χ0) is 13.8. The Morgan fingerprint density at radius 1 is 1.26 bits per heavy atom. The number of β-amino-alcohol motifs (C(OH)–C–C–N with tert-alkyl or cyclic N) is 1. The molecule has 1 fully saturated rings. The maximum absolute atomic E-state index is 11.5. The first-order valence-corrected chi connectivity index (χ1v) is 5.85. The highest BCUT2D eigenvalue weighted by Gasteiger charge is 2.28. The van der Waals surface area contributed by atoms with Crippen LogP contribution in [-0.2, 0) is 14.3 Å². The molecular formula is C13H15NO5. The van der Waals surface area contributed by atoms with Crippen LogP contribution in [0.3, 0.4) is 0 Å². The van der Waals surface area contributed by atoms with E-state index in [-0.39, 0.29) is 19.8 Å². The van der Waals surface area contributed by atoms with Gasteiger partial charge in [-0.3, -0.25) is 14.5 Å². The van der Waals surface area contributed by atoms with Gasteiger partial charge < -0.3 is 14.6 Å². The van der Waals surface area contributed by atoms with Gasteiger partial charge in [-0.05, 0) is 17.7 Å². The van der Waals surface area contributed by atoms with E-state index in [0.29, 0.717) is 11.3 Å². The van der Waals surface area contributed by atoms with Gasteiger partial charge >= 0.3 is 0 Å². The summed E-state index contributed by atoms with van der Waals surface area (Å²) >= 11 is 0. The van der Waals surface area contributed by atoms with E-state index in [4.69, 9.17) is 9.47 Å². The molecule has 1 aromatic carbocycles. The summed E-state index contributed by atoms with van der Waals surface area (Å²) in [5.41, 5.74) is 0.618. The average Bonchev–Trinajstić information content (AvgIpc) is 2.43. The fraction of sp³-hybridized carbons (Fsp3) is 0.385. The summed E-state index contributed by atoms with van der Waals surface area (Å²) in [4.78, 5) is 24.1. The zero-order valence-electron chi connectivity index (χ0n) is 10.5. The molecule has 2 amide bonds. The van der Waals surface area contributed by atoms with Crippen LogP contribution in [0.15, 0.2) is 24.3 Å². The minimum Gasteiger partial charge on any atom is -0.497 e. The second-order valence-electron chi connectivity index (χ2n) is 4.18. The lowest BCUT2D eigenvalue weighted by molar-refractivity contribution is -0.160. The van der Waals surface area contributed by atoms with E-state index < -0.39 is 17.9 Å². The lowest BCUT2D eigenvalue weighted by atomic mass is 10.1. The van der Waals surface area contributed by atoms with Crippen LogP contribution >= 0.6 is 0 Å². The smallest absolute Gasteiger partial charge is 0.255 e. The Morgan fingerprint density at radius 3 is 2.37 bits per heavy atom. The molecule has 0 aromatic heterocycles. The van der Waals surface area contributed by atoms with Gasteiger partial charge in [0.1, 0.15) is 19.0 Å². The molecule has 0 bridgehead atoms. The number of benzene rings is 1. The number of nitrogens with zero attached hydrogens (tertiary/aromatic N) is 1. The summed E-state index contributed by atoms with van der Waals surface area (Å²) in [6.45, 7) is -0.310. The lowest BCUT2D eigenvalue weighted by Crippen LogP contribution is -2.47. The van der Waals surface area contributed by atoms with Crippen LogP contribution in [0.25, 0.3) is 0 Å². The second-order valence-corrected chi connectivity index (χ2v) is 4.18. The van der Waals surface area contributed by atoms with Crippen LogP contribution in [0.2, 0.25) is 0 Å². The maximum atomic E-state index is 11.5. The Bertz CT molecular complexity index is 454. The van der Waals surface area contributed by atoms with E-state index in [9.17, 15) is 14.7 Å². The van der Waals surface area contributed by atoms with E-state index in [1.807, 2.05) is 0 Å². The normalized spacial score (nSPS) is 17.5. The van der Waals surface area contributed by atoms with Crippen molar-refractivity contribution in [3.63, 3.8) is 0 Å². The summed E-state index contributed by atoms with van der Waals surface area (Å²) in [6, 6.07) is 6.81. The molecule has 1 aromatic rings. The predicted octanol–water partition coefficient (Wildman–Crippen LogP) is 0.114. The predicted molar refractivity (Wildman–Crippen MR) is 65.5 cm³/mol. The largest absolute Gasteiger partial charge is 0.497 e. The first-order valence-electron chi connectivity index (χ1n) is 5.85. The first kappa shape index (κ1) is 13.5. The van der Waals surface area contributed by atoms with E-state index in [1.165, 1.54) is 0 Å². The van der Waals surface area contributed by atoms with Gasteiger partial charge in [-0.25, -0.2) is 0 Å². The molecule has 1 aliphatic rings. The van der Waals surface area contributed by atoms with Gasteiger partial charge in [0.25, 0.3) is 11.8 Å². The number of rotatable bonds is 4. The molecule has 102 valence electrons. The van der Waals surface area contributed by atoms with Crippen LogP contribution in [0.1, 0.15) is 11.7 Å². The number of methoxy groups -OCH3 is 1. The van der Waals surface area contributed by atoms with Gasteiger partial charge in [-0.15, -0.1) is 0 Å². The Morgan fingerprint density at radius 2 is 1.84 bits per heavy atom. The van der Waals surface area contributed by atoms with Gasteiger partial charge in [0.05, 0.1) is 19.8 Å². The van der Waals surface area contributed by atoms with Crippen LogP contribution in [0.4, 0.5) is 0 Å². The number of ether oxygens (including phenoxy) is 2.